The average molecular weight is 513 g/mol. The van der Waals surface area contributed by atoms with Gasteiger partial charge in [0.05, 0.1) is 26.2 Å². The molecule has 0 aliphatic carbocycles. The van der Waals surface area contributed by atoms with Crippen molar-refractivity contribution >= 4 is 25.8 Å². The standard InChI is InChI=1S/C16H36N.C6H5Br.BrH.H3P/c1-5-9-13-17(14-10-6-2,15-11-7-3)16-12-8-4;7-6-4-2-1-3-5-6;;/h5-16H2,1-4H3;1-5H;1H;1H3/q+1;;;/p-1. The summed E-state index contributed by atoms with van der Waals surface area (Å²) < 4.78 is 2.55. The van der Waals surface area contributed by atoms with Crippen LogP contribution in [-0.2, 0) is 0 Å². The zero-order valence-electron chi connectivity index (χ0n) is 17.8. The van der Waals surface area contributed by atoms with Crippen LogP contribution in [-0.4, -0.2) is 30.7 Å². The second-order valence-electron chi connectivity index (χ2n) is 6.95. The fourth-order valence-corrected chi connectivity index (χ4v) is 3.36. The maximum Gasteiger partial charge on any atom is 0.0786 e. The zero-order valence-corrected chi connectivity index (χ0v) is 22.4. The van der Waals surface area contributed by atoms with E-state index in [2.05, 4.69) is 43.6 Å². The van der Waals surface area contributed by atoms with Gasteiger partial charge in [0.1, 0.15) is 0 Å². The van der Waals surface area contributed by atoms with Gasteiger partial charge in [-0.3, -0.25) is 0 Å². The van der Waals surface area contributed by atoms with Gasteiger partial charge in [-0.25, -0.2) is 0 Å². The van der Waals surface area contributed by atoms with Crippen molar-refractivity contribution in [2.45, 2.75) is 79.1 Å². The molecular formula is C22H44Br2NP. The van der Waals surface area contributed by atoms with Crippen LogP contribution in [0, 0.1) is 0 Å². The number of quaternary nitrogens is 1. The largest absolute Gasteiger partial charge is 1.00 e. The summed E-state index contributed by atoms with van der Waals surface area (Å²) in [6.07, 6.45) is 11.1. The topological polar surface area (TPSA) is 0 Å². The molecule has 1 aromatic rings. The fraction of sp³-hybridized carbons (Fsp3) is 0.727. The van der Waals surface area contributed by atoms with Gasteiger partial charge >= 0.3 is 0 Å². The molecular weight excluding hydrogens is 469 g/mol. The number of nitrogens with zero attached hydrogens (tertiary/aromatic N) is 1. The number of benzene rings is 1. The van der Waals surface area contributed by atoms with Crippen LogP contribution in [0.2, 0.25) is 0 Å². The normalized spacial score (nSPS) is 10.2. The third kappa shape index (κ3) is 16.7. The predicted octanol–water partition coefficient (Wildman–Crippen LogP) is 4.51. The van der Waals surface area contributed by atoms with Gasteiger partial charge in [-0.2, -0.15) is 9.90 Å². The molecule has 0 spiro atoms. The summed E-state index contributed by atoms with van der Waals surface area (Å²) in [5.41, 5.74) is 0. The van der Waals surface area contributed by atoms with E-state index in [-0.39, 0.29) is 26.9 Å². The van der Waals surface area contributed by atoms with Crippen molar-refractivity contribution < 1.29 is 21.5 Å². The summed E-state index contributed by atoms with van der Waals surface area (Å²) in [6.45, 7) is 15.0. The summed E-state index contributed by atoms with van der Waals surface area (Å²) in [7, 11) is 0. The van der Waals surface area contributed by atoms with Crippen molar-refractivity contribution in [2.75, 3.05) is 26.2 Å². The lowest BCUT2D eigenvalue weighted by Crippen LogP contribution is -3.00. The monoisotopic (exact) mass is 511 g/mol. The van der Waals surface area contributed by atoms with Gasteiger partial charge in [-0.1, -0.05) is 87.5 Å². The minimum atomic E-state index is 0. The van der Waals surface area contributed by atoms with Gasteiger partial charge in [0.25, 0.3) is 0 Å². The summed E-state index contributed by atoms with van der Waals surface area (Å²) in [5, 5.41) is 0. The average Bonchev–Trinajstić information content (AvgIpc) is 2.62. The highest BCUT2D eigenvalue weighted by Crippen LogP contribution is 2.16. The van der Waals surface area contributed by atoms with Crippen LogP contribution in [0.5, 0.6) is 0 Å². The molecule has 1 aromatic carbocycles. The predicted molar refractivity (Wildman–Crippen MR) is 125 cm³/mol. The van der Waals surface area contributed by atoms with Gasteiger partial charge in [-0.15, -0.1) is 0 Å². The molecule has 0 aliphatic heterocycles. The minimum absolute atomic E-state index is 0. The Balaban J connectivity index is -0.000000494. The third-order valence-corrected chi connectivity index (χ3v) is 5.21. The zero-order chi connectivity index (χ0) is 18.1. The van der Waals surface area contributed by atoms with E-state index in [1.807, 2.05) is 30.3 Å². The van der Waals surface area contributed by atoms with Gasteiger partial charge in [0.15, 0.2) is 0 Å². The SMILES string of the molecule is Brc1ccccc1.CCCC[N+](CCCC)(CCCC)CCCC.P.[Br-]. The van der Waals surface area contributed by atoms with Crippen molar-refractivity contribution in [1.82, 2.24) is 0 Å². The van der Waals surface area contributed by atoms with Crippen LogP contribution < -0.4 is 17.0 Å². The number of unbranched alkanes of at least 4 members (excludes halogenated alkanes) is 4. The first kappa shape index (κ1) is 31.3. The van der Waals surface area contributed by atoms with Gasteiger partial charge < -0.3 is 21.5 Å². The Morgan fingerprint density at radius 2 is 0.962 bits per heavy atom. The van der Waals surface area contributed by atoms with Crippen molar-refractivity contribution in [1.29, 1.82) is 0 Å². The van der Waals surface area contributed by atoms with E-state index in [4.69, 9.17) is 0 Å². The quantitative estimate of drug-likeness (QED) is 0.285. The second kappa shape index (κ2) is 21.9. The van der Waals surface area contributed by atoms with E-state index in [1.165, 1.54) is 82.0 Å². The van der Waals surface area contributed by atoms with Crippen LogP contribution in [0.3, 0.4) is 0 Å². The molecule has 156 valence electrons. The van der Waals surface area contributed by atoms with E-state index in [0.29, 0.717) is 0 Å². The maximum atomic E-state index is 3.31. The molecule has 0 bridgehead atoms. The van der Waals surface area contributed by atoms with E-state index in [0.717, 1.165) is 4.47 Å². The van der Waals surface area contributed by atoms with Crippen LogP contribution in [0.4, 0.5) is 0 Å². The Morgan fingerprint density at radius 1 is 0.654 bits per heavy atom. The Morgan fingerprint density at radius 3 is 1.15 bits per heavy atom. The van der Waals surface area contributed by atoms with E-state index in [1.54, 1.807) is 0 Å². The van der Waals surface area contributed by atoms with E-state index >= 15 is 0 Å². The Bertz CT molecular complexity index is 336. The molecule has 0 heterocycles. The first-order valence-electron chi connectivity index (χ1n) is 10.2. The minimum Gasteiger partial charge on any atom is -1.00 e. The Labute approximate surface area is 186 Å². The molecule has 0 fully saturated rings. The number of hydrogen-bond donors (Lipinski definition) is 0. The van der Waals surface area contributed by atoms with Crippen molar-refractivity contribution in [2.24, 2.45) is 0 Å². The molecule has 1 atom stereocenters. The summed E-state index contributed by atoms with van der Waals surface area (Å²) in [5.74, 6) is 0. The number of hydrogen-bond acceptors (Lipinski definition) is 0. The summed E-state index contributed by atoms with van der Waals surface area (Å²) >= 11 is 3.31. The lowest BCUT2D eigenvalue weighted by Gasteiger charge is -2.39. The number of halogens is 2. The van der Waals surface area contributed by atoms with E-state index in [9.17, 15) is 0 Å². The molecule has 0 aliphatic rings. The van der Waals surface area contributed by atoms with Gasteiger partial charge in [0, 0.05) is 4.47 Å². The Hall–Kier alpha value is 0.570. The molecule has 0 radical (unpaired) electrons. The van der Waals surface area contributed by atoms with Crippen LogP contribution in [0.25, 0.3) is 0 Å². The highest BCUT2D eigenvalue weighted by molar-refractivity contribution is 9.10. The molecule has 0 saturated heterocycles. The van der Waals surface area contributed by atoms with Gasteiger partial charge in [0.2, 0.25) is 0 Å². The summed E-state index contributed by atoms with van der Waals surface area (Å²) in [6, 6.07) is 9.97. The lowest BCUT2D eigenvalue weighted by atomic mass is 10.1. The summed E-state index contributed by atoms with van der Waals surface area (Å²) in [4.78, 5) is 0. The second-order valence-corrected chi connectivity index (χ2v) is 7.86. The highest BCUT2D eigenvalue weighted by atomic mass is 79.9. The molecule has 1 nitrogen and oxygen atoms in total. The lowest BCUT2D eigenvalue weighted by molar-refractivity contribution is -0.929. The molecule has 26 heavy (non-hydrogen) atoms. The van der Waals surface area contributed by atoms with Crippen LogP contribution >= 0.6 is 25.8 Å². The van der Waals surface area contributed by atoms with E-state index < -0.39 is 0 Å². The smallest absolute Gasteiger partial charge is 0.0786 e. The van der Waals surface area contributed by atoms with Crippen molar-refractivity contribution in [3.63, 3.8) is 0 Å². The number of rotatable bonds is 12. The van der Waals surface area contributed by atoms with Crippen LogP contribution in [0.1, 0.15) is 79.1 Å². The molecule has 1 unspecified atom stereocenters. The molecule has 0 N–H and O–H groups in total. The van der Waals surface area contributed by atoms with Crippen molar-refractivity contribution in [3.05, 3.63) is 34.8 Å². The molecule has 4 heteroatoms. The fourth-order valence-electron chi connectivity index (χ4n) is 3.06. The molecule has 0 amide bonds. The van der Waals surface area contributed by atoms with Crippen LogP contribution in [0.15, 0.2) is 34.8 Å². The Kier molecular flexibility index (Phi) is 26.3. The first-order valence-corrected chi connectivity index (χ1v) is 11.0. The van der Waals surface area contributed by atoms with Crippen molar-refractivity contribution in [3.8, 4) is 0 Å². The maximum absolute atomic E-state index is 3.31. The third-order valence-electron chi connectivity index (χ3n) is 4.68. The highest BCUT2D eigenvalue weighted by Gasteiger charge is 2.24. The molecule has 0 saturated carbocycles. The van der Waals surface area contributed by atoms with Gasteiger partial charge in [-0.05, 0) is 37.8 Å². The molecule has 0 aromatic heterocycles. The first-order chi connectivity index (χ1) is 11.6. The molecule has 1 rings (SSSR count).